The molecule has 0 aliphatic carbocycles. The van der Waals surface area contributed by atoms with Crippen LogP contribution in [0.25, 0.3) is 0 Å². The lowest BCUT2D eigenvalue weighted by Gasteiger charge is -2.09. The zero-order chi connectivity index (χ0) is 14.6. The second-order valence-electron chi connectivity index (χ2n) is 4.12. The van der Waals surface area contributed by atoms with Crippen LogP contribution in [0.5, 0.6) is 0 Å². The molecule has 0 amide bonds. The molecule has 0 atom stereocenters. The van der Waals surface area contributed by atoms with Gasteiger partial charge in [-0.15, -0.1) is 0 Å². The quantitative estimate of drug-likeness (QED) is 0.527. The number of nitrogens with one attached hydrogen (secondary N) is 2. The number of anilines is 1. The summed E-state index contributed by atoms with van der Waals surface area (Å²) in [5.41, 5.74) is 5.93. The van der Waals surface area contributed by atoms with Gasteiger partial charge < -0.3 is 5.73 Å². The predicted molar refractivity (Wildman–Crippen MR) is 78.4 cm³/mol. The van der Waals surface area contributed by atoms with Crippen molar-refractivity contribution >= 4 is 31.6 Å². The summed E-state index contributed by atoms with van der Waals surface area (Å²) >= 11 is 3.24. The van der Waals surface area contributed by atoms with E-state index in [4.69, 9.17) is 5.73 Å². The largest absolute Gasteiger partial charge is 0.398 e. The van der Waals surface area contributed by atoms with Crippen LogP contribution in [-0.2, 0) is 16.4 Å². The van der Waals surface area contributed by atoms with Gasteiger partial charge in [0.2, 0.25) is 10.0 Å². The third kappa shape index (κ3) is 3.78. The maximum absolute atomic E-state index is 12.1. The molecule has 1 heterocycles. The van der Waals surface area contributed by atoms with Crippen LogP contribution < -0.4 is 10.5 Å². The molecule has 0 aliphatic rings. The number of nitrogens with zero attached hydrogens (tertiary/aromatic N) is 2. The Morgan fingerprint density at radius 2 is 2.20 bits per heavy atom. The molecule has 2 aromatic rings. The van der Waals surface area contributed by atoms with Crippen LogP contribution in [0.4, 0.5) is 5.69 Å². The molecule has 0 bridgehead atoms. The first kappa shape index (κ1) is 14.9. The van der Waals surface area contributed by atoms with Crippen molar-refractivity contribution in [3.05, 3.63) is 34.8 Å². The highest BCUT2D eigenvalue weighted by Gasteiger charge is 2.16. The van der Waals surface area contributed by atoms with Crippen molar-refractivity contribution in [2.75, 3.05) is 12.3 Å². The molecule has 20 heavy (non-hydrogen) atoms. The SMILES string of the molecule is Nc1cc(Br)ccc1S(=O)(=O)NCCCc1ncn[nH]1. The number of sulfonamides is 1. The first-order valence-corrected chi connectivity index (χ1v) is 8.15. The predicted octanol–water partition coefficient (Wildman–Crippen LogP) is 1.06. The van der Waals surface area contributed by atoms with Crippen molar-refractivity contribution in [1.82, 2.24) is 19.9 Å². The van der Waals surface area contributed by atoms with Gasteiger partial charge in [-0.2, -0.15) is 5.10 Å². The summed E-state index contributed by atoms with van der Waals surface area (Å²) in [4.78, 5) is 4.05. The minimum atomic E-state index is -3.59. The molecule has 2 rings (SSSR count). The number of aromatic nitrogens is 3. The van der Waals surface area contributed by atoms with Crippen molar-refractivity contribution in [3.8, 4) is 0 Å². The van der Waals surface area contributed by atoms with Gasteiger partial charge in [0.25, 0.3) is 0 Å². The van der Waals surface area contributed by atoms with Gasteiger partial charge in [0, 0.05) is 17.4 Å². The van der Waals surface area contributed by atoms with Crippen LogP contribution >= 0.6 is 15.9 Å². The number of aryl methyl sites for hydroxylation is 1. The maximum Gasteiger partial charge on any atom is 0.242 e. The molecule has 0 aliphatic heterocycles. The van der Waals surface area contributed by atoms with Gasteiger partial charge >= 0.3 is 0 Å². The van der Waals surface area contributed by atoms with E-state index in [0.717, 1.165) is 10.3 Å². The van der Waals surface area contributed by atoms with E-state index in [9.17, 15) is 8.42 Å². The molecule has 1 aromatic heterocycles. The average molecular weight is 360 g/mol. The average Bonchev–Trinajstić information content (AvgIpc) is 2.87. The molecular weight excluding hydrogens is 346 g/mol. The van der Waals surface area contributed by atoms with Crippen LogP contribution in [0.3, 0.4) is 0 Å². The van der Waals surface area contributed by atoms with E-state index in [0.29, 0.717) is 19.4 Å². The number of nitrogen functional groups attached to an aromatic ring is 1. The van der Waals surface area contributed by atoms with E-state index in [1.165, 1.54) is 12.4 Å². The summed E-state index contributed by atoms with van der Waals surface area (Å²) in [5.74, 6) is 0.729. The number of hydrogen-bond acceptors (Lipinski definition) is 5. The van der Waals surface area contributed by atoms with Gasteiger partial charge in [-0.25, -0.2) is 18.1 Å². The summed E-state index contributed by atoms with van der Waals surface area (Å²) in [6, 6.07) is 4.67. The van der Waals surface area contributed by atoms with Gasteiger partial charge in [0.1, 0.15) is 17.0 Å². The molecule has 4 N–H and O–H groups in total. The fraction of sp³-hybridized carbons (Fsp3) is 0.273. The fourth-order valence-electron chi connectivity index (χ4n) is 1.66. The Hall–Kier alpha value is -1.45. The number of nitrogens with two attached hydrogens (primary N) is 1. The van der Waals surface area contributed by atoms with E-state index < -0.39 is 10.0 Å². The monoisotopic (exact) mass is 359 g/mol. The second-order valence-corrected chi connectivity index (χ2v) is 6.77. The van der Waals surface area contributed by atoms with Crippen LogP contribution in [0, 0.1) is 0 Å². The summed E-state index contributed by atoms with van der Waals surface area (Å²) in [7, 11) is -3.59. The summed E-state index contributed by atoms with van der Waals surface area (Å²) in [6.07, 6.45) is 2.66. The Labute approximate surface area is 125 Å². The standard InChI is InChI=1S/C11H14BrN5O2S/c12-8-3-4-10(9(13)6-8)20(18,19)16-5-1-2-11-14-7-15-17-11/h3-4,6-7,16H,1-2,5,13H2,(H,14,15,17). The van der Waals surface area contributed by atoms with Gasteiger partial charge in [-0.1, -0.05) is 15.9 Å². The first-order chi connectivity index (χ1) is 9.49. The number of rotatable bonds is 6. The highest BCUT2D eigenvalue weighted by atomic mass is 79.9. The molecule has 1 aromatic carbocycles. The van der Waals surface area contributed by atoms with E-state index in [-0.39, 0.29) is 10.6 Å². The minimum Gasteiger partial charge on any atom is -0.398 e. The molecule has 9 heteroatoms. The molecule has 0 saturated carbocycles. The fourth-order valence-corrected chi connectivity index (χ4v) is 3.22. The molecule has 0 fully saturated rings. The Morgan fingerprint density at radius 3 is 2.85 bits per heavy atom. The van der Waals surface area contributed by atoms with Crippen molar-refractivity contribution in [2.24, 2.45) is 0 Å². The zero-order valence-electron chi connectivity index (χ0n) is 10.5. The lowest BCUT2D eigenvalue weighted by molar-refractivity contribution is 0.578. The molecule has 0 spiro atoms. The van der Waals surface area contributed by atoms with Crippen LogP contribution in [0.2, 0.25) is 0 Å². The van der Waals surface area contributed by atoms with Crippen molar-refractivity contribution in [1.29, 1.82) is 0 Å². The second kappa shape index (κ2) is 6.33. The maximum atomic E-state index is 12.1. The topological polar surface area (TPSA) is 114 Å². The molecule has 7 nitrogen and oxygen atoms in total. The molecule has 0 saturated heterocycles. The number of aromatic amines is 1. The number of benzene rings is 1. The van der Waals surface area contributed by atoms with Gasteiger partial charge in [-0.05, 0) is 24.6 Å². The summed E-state index contributed by atoms with van der Waals surface area (Å²) in [5, 5.41) is 6.44. The van der Waals surface area contributed by atoms with E-state index in [2.05, 4.69) is 35.8 Å². The molecule has 0 radical (unpaired) electrons. The van der Waals surface area contributed by atoms with Crippen molar-refractivity contribution in [3.63, 3.8) is 0 Å². The third-order valence-corrected chi connectivity index (χ3v) is 4.64. The Balaban J connectivity index is 1.93. The lowest BCUT2D eigenvalue weighted by Crippen LogP contribution is -2.26. The Morgan fingerprint density at radius 1 is 1.40 bits per heavy atom. The third-order valence-electron chi connectivity index (χ3n) is 2.61. The summed E-state index contributed by atoms with van der Waals surface area (Å²) in [6.45, 7) is 0.304. The van der Waals surface area contributed by atoms with E-state index in [1.807, 2.05) is 0 Å². The molecule has 108 valence electrons. The van der Waals surface area contributed by atoms with Gasteiger partial charge in [-0.3, -0.25) is 5.10 Å². The first-order valence-electron chi connectivity index (χ1n) is 5.88. The smallest absolute Gasteiger partial charge is 0.242 e. The van der Waals surface area contributed by atoms with Gasteiger partial charge in [0.15, 0.2) is 0 Å². The zero-order valence-corrected chi connectivity index (χ0v) is 12.9. The number of halogens is 1. The Bertz CT molecular complexity index is 672. The molecule has 0 unspecified atom stereocenters. The normalized spacial score (nSPS) is 11.7. The van der Waals surface area contributed by atoms with Crippen LogP contribution in [0.15, 0.2) is 33.9 Å². The minimum absolute atomic E-state index is 0.0837. The van der Waals surface area contributed by atoms with Crippen LogP contribution in [-0.4, -0.2) is 30.1 Å². The van der Waals surface area contributed by atoms with Crippen molar-refractivity contribution in [2.45, 2.75) is 17.7 Å². The number of H-pyrrole nitrogens is 1. The number of hydrogen-bond donors (Lipinski definition) is 3. The molecular formula is C11H14BrN5O2S. The van der Waals surface area contributed by atoms with Crippen LogP contribution in [0.1, 0.15) is 12.2 Å². The van der Waals surface area contributed by atoms with E-state index in [1.54, 1.807) is 12.1 Å². The lowest BCUT2D eigenvalue weighted by atomic mass is 10.3. The highest BCUT2D eigenvalue weighted by Crippen LogP contribution is 2.22. The van der Waals surface area contributed by atoms with Crippen molar-refractivity contribution < 1.29 is 8.42 Å². The van der Waals surface area contributed by atoms with Gasteiger partial charge in [0.05, 0.1) is 5.69 Å². The highest BCUT2D eigenvalue weighted by molar-refractivity contribution is 9.10. The van der Waals surface area contributed by atoms with E-state index >= 15 is 0 Å². The Kier molecular flexibility index (Phi) is 4.73. The summed E-state index contributed by atoms with van der Waals surface area (Å²) < 4.78 is 27.4.